The molecule has 2 nitrogen and oxygen atoms in total. The third-order valence-electron chi connectivity index (χ3n) is 2.04. The van der Waals surface area contributed by atoms with Gasteiger partial charge in [0.15, 0.2) is 0 Å². The lowest BCUT2D eigenvalue weighted by molar-refractivity contribution is 0.264. The zero-order valence-electron chi connectivity index (χ0n) is 8.29. The molecule has 2 atom stereocenters. The lowest BCUT2D eigenvalue weighted by Gasteiger charge is -2.15. The van der Waals surface area contributed by atoms with Gasteiger partial charge in [0.1, 0.15) is 0 Å². The summed E-state index contributed by atoms with van der Waals surface area (Å²) in [4.78, 5) is 0. The molecule has 3 heteroatoms. The number of nitrogens with two attached hydrogens (primary N) is 1. The molecule has 0 heterocycles. The van der Waals surface area contributed by atoms with E-state index in [9.17, 15) is 0 Å². The Bertz CT molecular complexity index is 109. The van der Waals surface area contributed by atoms with Gasteiger partial charge in [0.05, 0.1) is 6.61 Å². The van der Waals surface area contributed by atoms with Crippen molar-refractivity contribution in [3.63, 3.8) is 0 Å². The Morgan fingerprint density at radius 1 is 1.33 bits per heavy atom. The second-order valence-corrected chi connectivity index (χ2v) is 5.04. The molecule has 0 spiro atoms. The van der Waals surface area contributed by atoms with Crippen molar-refractivity contribution in [2.75, 3.05) is 12.4 Å². The maximum absolute atomic E-state index is 8.67. The molecule has 0 aliphatic rings. The summed E-state index contributed by atoms with van der Waals surface area (Å²) < 4.78 is 0. The molecule has 0 amide bonds. The Kier molecular flexibility index (Phi) is 6.90. The van der Waals surface area contributed by atoms with E-state index in [0.717, 1.165) is 18.1 Å². The summed E-state index contributed by atoms with van der Waals surface area (Å²) in [6.07, 6.45) is 0.915. The molecule has 74 valence electrons. The highest BCUT2D eigenvalue weighted by Crippen LogP contribution is 2.19. The first-order valence-corrected chi connectivity index (χ1v) is 5.60. The molecular formula is C9H21NOS. The smallest absolute Gasteiger partial charge is 0.0582 e. The Morgan fingerprint density at radius 3 is 2.33 bits per heavy atom. The highest BCUT2D eigenvalue weighted by molar-refractivity contribution is 7.99. The fourth-order valence-corrected chi connectivity index (χ4v) is 1.88. The van der Waals surface area contributed by atoms with Crippen LogP contribution in [0.4, 0.5) is 0 Å². The van der Waals surface area contributed by atoms with Crippen molar-refractivity contribution in [3.05, 3.63) is 0 Å². The summed E-state index contributed by atoms with van der Waals surface area (Å²) in [5.74, 6) is 1.78. The van der Waals surface area contributed by atoms with Gasteiger partial charge in [0.25, 0.3) is 0 Å². The molecule has 0 aromatic rings. The molecule has 0 saturated heterocycles. The molecule has 0 fully saturated rings. The van der Waals surface area contributed by atoms with E-state index in [1.807, 2.05) is 11.8 Å². The van der Waals surface area contributed by atoms with Crippen LogP contribution in [0.5, 0.6) is 0 Å². The van der Waals surface area contributed by atoms with Crippen LogP contribution in [0.15, 0.2) is 0 Å². The summed E-state index contributed by atoms with van der Waals surface area (Å²) in [7, 11) is 0. The third kappa shape index (κ3) is 5.86. The monoisotopic (exact) mass is 191 g/mol. The van der Waals surface area contributed by atoms with E-state index in [-0.39, 0.29) is 12.6 Å². The molecular weight excluding hydrogens is 170 g/mol. The lowest BCUT2D eigenvalue weighted by atomic mass is 10.2. The van der Waals surface area contributed by atoms with E-state index in [1.165, 1.54) is 0 Å². The topological polar surface area (TPSA) is 46.2 Å². The Morgan fingerprint density at radius 2 is 1.92 bits per heavy atom. The van der Waals surface area contributed by atoms with Gasteiger partial charge in [0, 0.05) is 11.3 Å². The van der Waals surface area contributed by atoms with Gasteiger partial charge < -0.3 is 10.8 Å². The van der Waals surface area contributed by atoms with Gasteiger partial charge in [-0.2, -0.15) is 11.8 Å². The summed E-state index contributed by atoms with van der Waals surface area (Å²) in [5, 5.41) is 9.37. The standard InChI is InChI=1S/C9H21NOS/c1-7(2)8(3)12-5-4-9(10)6-11/h7-9,11H,4-6,10H2,1-3H3. The van der Waals surface area contributed by atoms with Crippen molar-refractivity contribution >= 4 is 11.8 Å². The van der Waals surface area contributed by atoms with E-state index in [4.69, 9.17) is 10.8 Å². The van der Waals surface area contributed by atoms with Gasteiger partial charge in [-0.05, 0) is 18.1 Å². The van der Waals surface area contributed by atoms with Gasteiger partial charge in [-0.1, -0.05) is 20.8 Å². The van der Waals surface area contributed by atoms with Crippen molar-refractivity contribution in [2.24, 2.45) is 11.7 Å². The highest BCUT2D eigenvalue weighted by Gasteiger charge is 2.07. The van der Waals surface area contributed by atoms with Crippen LogP contribution in [0.25, 0.3) is 0 Å². The predicted molar refractivity (Wildman–Crippen MR) is 56.4 cm³/mol. The normalized spacial score (nSPS) is 16.5. The van der Waals surface area contributed by atoms with E-state index in [2.05, 4.69) is 20.8 Å². The maximum Gasteiger partial charge on any atom is 0.0582 e. The molecule has 0 aliphatic heterocycles. The average molecular weight is 191 g/mol. The summed E-state index contributed by atoms with van der Waals surface area (Å²) in [6.45, 7) is 6.80. The lowest BCUT2D eigenvalue weighted by Crippen LogP contribution is -2.25. The first-order valence-electron chi connectivity index (χ1n) is 4.56. The van der Waals surface area contributed by atoms with E-state index < -0.39 is 0 Å². The van der Waals surface area contributed by atoms with E-state index in [0.29, 0.717) is 5.25 Å². The largest absolute Gasteiger partial charge is 0.395 e. The summed E-state index contributed by atoms with van der Waals surface area (Å²) in [6, 6.07) is -0.0307. The summed E-state index contributed by atoms with van der Waals surface area (Å²) in [5.41, 5.74) is 5.57. The number of thioether (sulfide) groups is 1. The molecule has 0 aromatic heterocycles. The van der Waals surface area contributed by atoms with Crippen LogP contribution in [-0.2, 0) is 0 Å². The van der Waals surface area contributed by atoms with Crippen LogP contribution in [0, 0.1) is 5.92 Å². The number of aliphatic hydroxyl groups excluding tert-OH is 1. The first-order chi connectivity index (χ1) is 5.57. The first kappa shape index (κ1) is 12.3. The van der Waals surface area contributed by atoms with Crippen LogP contribution in [0.1, 0.15) is 27.2 Å². The van der Waals surface area contributed by atoms with Gasteiger partial charge in [-0.15, -0.1) is 0 Å². The van der Waals surface area contributed by atoms with Crippen LogP contribution in [0.3, 0.4) is 0 Å². The zero-order chi connectivity index (χ0) is 9.56. The highest BCUT2D eigenvalue weighted by atomic mass is 32.2. The molecule has 2 unspecified atom stereocenters. The van der Waals surface area contributed by atoms with Crippen molar-refractivity contribution < 1.29 is 5.11 Å². The van der Waals surface area contributed by atoms with Crippen LogP contribution in [-0.4, -0.2) is 28.8 Å². The Hall–Kier alpha value is 0.270. The Labute approximate surface area is 79.9 Å². The van der Waals surface area contributed by atoms with E-state index >= 15 is 0 Å². The average Bonchev–Trinajstić information content (AvgIpc) is 2.03. The van der Waals surface area contributed by atoms with Crippen LogP contribution in [0.2, 0.25) is 0 Å². The molecule has 0 aliphatic carbocycles. The minimum Gasteiger partial charge on any atom is -0.395 e. The second kappa shape index (κ2) is 6.75. The minimum absolute atomic E-state index is 0.0307. The van der Waals surface area contributed by atoms with Gasteiger partial charge >= 0.3 is 0 Å². The fraction of sp³-hybridized carbons (Fsp3) is 1.00. The van der Waals surface area contributed by atoms with E-state index in [1.54, 1.807) is 0 Å². The molecule has 0 aromatic carbocycles. The third-order valence-corrected chi connectivity index (χ3v) is 3.58. The number of rotatable bonds is 6. The van der Waals surface area contributed by atoms with Crippen molar-refractivity contribution in [2.45, 2.75) is 38.5 Å². The van der Waals surface area contributed by atoms with Crippen LogP contribution >= 0.6 is 11.8 Å². The SMILES string of the molecule is CC(C)C(C)SCCC(N)CO. The van der Waals surface area contributed by atoms with Crippen molar-refractivity contribution in [1.29, 1.82) is 0 Å². The molecule has 0 rings (SSSR count). The predicted octanol–water partition coefficient (Wildman–Crippen LogP) is 1.47. The van der Waals surface area contributed by atoms with Crippen LogP contribution < -0.4 is 5.73 Å². The number of hydrogen-bond donors (Lipinski definition) is 2. The fourth-order valence-electron chi connectivity index (χ4n) is 0.689. The molecule has 0 bridgehead atoms. The molecule has 0 saturated carbocycles. The summed E-state index contributed by atoms with van der Waals surface area (Å²) >= 11 is 1.94. The molecule has 0 radical (unpaired) electrons. The number of hydrogen-bond acceptors (Lipinski definition) is 3. The molecule has 3 N–H and O–H groups in total. The molecule has 12 heavy (non-hydrogen) atoms. The van der Waals surface area contributed by atoms with Crippen molar-refractivity contribution in [3.8, 4) is 0 Å². The van der Waals surface area contributed by atoms with Crippen molar-refractivity contribution in [1.82, 2.24) is 0 Å². The number of aliphatic hydroxyl groups is 1. The van der Waals surface area contributed by atoms with Gasteiger partial charge in [-0.3, -0.25) is 0 Å². The van der Waals surface area contributed by atoms with Gasteiger partial charge in [0.2, 0.25) is 0 Å². The minimum atomic E-state index is -0.0307. The Balaban J connectivity index is 3.30. The quantitative estimate of drug-likeness (QED) is 0.668. The second-order valence-electron chi connectivity index (χ2n) is 3.55. The maximum atomic E-state index is 8.67. The zero-order valence-corrected chi connectivity index (χ0v) is 9.10. The van der Waals surface area contributed by atoms with Gasteiger partial charge in [-0.25, -0.2) is 0 Å².